The highest BCUT2D eigenvalue weighted by Crippen LogP contribution is 2.46. The minimum Gasteiger partial charge on any atom is -0.494 e. The fourth-order valence-electron chi connectivity index (χ4n) is 3.42. The lowest BCUT2D eigenvalue weighted by Crippen LogP contribution is -2.31. The molecular weight excluding hydrogens is 402 g/mol. The maximum Gasteiger partial charge on any atom is 0.221 e. The van der Waals surface area contributed by atoms with Gasteiger partial charge in [0.1, 0.15) is 10.4 Å². The Bertz CT molecular complexity index is 1130. The van der Waals surface area contributed by atoms with E-state index in [9.17, 15) is 4.79 Å². The van der Waals surface area contributed by atoms with Gasteiger partial charge in [-0.05, 0) is 63.2 Å². The number of amides is 1. The molecular formula is C22H23N3O2S2. The molecule has 0 unspecified atom stereocenters. The van der Waals surface area contributed by atoms with Crippen LogP contribution in [0.15, 0.2) is 47.5 Å². The lowest BCUT2D eigenvalue weighted by molar-refractivity contribution is -0.114. The monoisotopic (exact) mass is 425 g/mol. The molecule has 0 fully saturated rings. The highest BCUT2D eigenvalue weighted by atomic mass is 32.9. The Morgan fingerprint density at radius 1 is 1.17 bits per heavy atom. The average Bonchev–Trinajstić information content (AvgIpc) is 3.09. The molecule has 2 N–H and O–H groups in total. The number of hydrogen-bond acceptors (Lipinski definition) is 6. The quantitative estimate of drug-likeness (QED) is 0.525. The summed E-state index contributed by atoms with van der Waals surface area (Å²) in [4.78, 5) is 17.4. The minimum atomic E-state index is -0.167. The fourth-order valence-corrected chi connectivity index (χ4v) is 6.36. The van der Waals surface area contributed by atoms with Crippen molar-refractivity contribution in [2.75, 3.05) is 17.2 Å². The van der Waals surface area contributed by atoms with Crippen molar-refractivity contribution < 1.29 is 9.53 Å². The largest absolute Gasteiger partial charge is 0.494 e. The van der Waals surface area contributed by atoms with Crippen molar-refractivity contribution in [2.45, 2.75) is 33.2 Å². The molecule has 2 aromatic carbocycles. The van der Waals surface area contributed by atoms with Crippen LogP contribution in [0, 0.1) is 0 Å². The van der Waals surface area contributed by atoms with E-state index < -0.39 is 0 Å². The standard InChI is InChI=1S/C22H23N3O2S2/c1-5-27-16-10-11-18-17(12-16)19-20(22(3,4)25-18)28-29-21(19)24-15-8-6-14(7-9-15)23-13(2)26/h6-12,25H,5H2,1-4H3,(H,23,26). The van der Waals surface area contributed by atoms with Crippen LogP contribution in [0.1, 0.15) is 32.6 Å². The summed E-state index contributed by atoms with van der Waals surface area (Å²) in [6, 6.07) is 13.8. The van der Waals surface area contributed by atoms with Gasteiger partial charge in [0.25, 0.3) is 0 Å². The predicted octanol–water partition coefficient (Wildman–Crippen LogP) is 5.73. The summed E-state index contributed by atoms with van der Waals surface area (Å²) in [5.74, 6) is 0.778. The molecule has 150 valence electrons. The first kappa shape index (κ1) is 19.7. The molecule has 0 radical (unpaired) electrons. The maximum absolute atomic E-state index is 11.2. The SMILES string of the molecule is CCOc1ccc2c(c1)-c1c(ssc1=Nc1ccc(NC(C)=O)cc1)C(C)(C)N2. The molecule has 0 spiro atoms. The first-order valence-electron chi connectivity index (χ1n) is 9.49. The smallest absolute Gasteiger partial charge is 0.221 e. The summed E-state index contributed by atoms with van der Waals surface area (Å²) in [6.07, 6.45) is 0. The van der Waals surface area contributed by atoms with Crippen LogP contribution in [0.4, 0.5) is 17.1 Å². The van der Waals surface area contributed by atoms with Gasteiger partial charge < -0.3 is 15.4 Å². The summed E-state index contributed by atoms with van der Waals surface area (Å²) in [5, 5.41) is 6.43. The summed E-state index contributed by atoms with van der Waals surface area (Å²) < 4.78 is 6.72. The van der Waals surface area contributed by atoms with Crippen LogP contribution < -0.4 is 20.0 Å². The Morgan fingerprint density at radius 3 is 2.62 bits per heavy atom. The second-order valence-electron chi connectivity index (χ2n) is 7.41. The van der Waals surface area contributed by atoms with E-state index in [1.54, 1.807) is 20.7 Å². The highest BCUT2D eigenvalue weighted by molar-refractivity contribution is 7.68. The van der Waals surface area contributed by atoms with E-state index >= 15 is 0 Å². The molecule has 29 heavy (non-hydrogen) atoms. The highest BCUT2D eigenvalue weighted by Gasteiger charge is 2.33. The Labute approximate surface area is 177 Å². The van der Waals surface area contributed by atoms with Crippen molar-refractivity contribution in [2.24, 2.45) is 4.99 Å². The molecule has 7 heteroatoms. The van der Waals surface area contributed by atoms with Gasteiger partial charge in [0, 0.05) is 29.4 Å². The van der Waals surface area contributed by atoms with E-state index in [1.165, 1.54) is 17.4 Å². The summed E-state index contributed by atoms with van der Waals surface area (Å²) in [7, 11) is 3.44. The normalized spacial score (nSPS) is 14.6. The van der Waals surface area contributed by atoms with Gasteiger partial charge in [-0.3, -0.25) is 4.79 Å². The maximum atomic E-state index is 11.2. The van der Waals surface area contributed by atoms with Gasteiger partial charge in [0.15, 0.2) is 0 Å². The van der Waals surface area contributed by atoms with Crippen LogP contribution in [0.25, 0.3) is 11.1 Å². The third kappa shape index (κ3) is 3.93. The first-order valence-corrected chi connectivity index (χ1v) is 11.6. The summed E-state index contributed by atoms with van der Waals surface area (Å²) >= 11 is 0. The van der Waals surface area contributed by atoms with E-state index in [-0.39, 0.29) is 11.4 Å². The molecule has 0 aliphatic carbocycles. The van der Waals surface area contributed by atoms with Gasteiger partial charge in [-0.2, -0.15) is 0 Å². The lowest BCUT2D eigenvalue weighted by Gasteiger charge is -2.33. The third-order valence-electron chi connectivity index (χ3n) is 4.65. The zero-order valence-corrected chi connectivity index (χ0v) is 18.5. The van der Waals surface area contributed by atoms with Crippen molar-refractivity contribution >= 4 is 43.7 Å². The molecule has 1 aliphatic heterocycles. The number of benzene rings is 2. The molecule has 2 heterocycles. The Hall–Kier alpha value is -2.64. The Morgan fingerprint density at radius 2 is 1.93 bits per heavy atom. The number of ether oxygens (including phenoxy) is 1. The van der Waals surface area contributed by atoms with E-state index in [1.807, 2.05) is 37.3 Å². The van der Waals surface area contributed by atoms with Crippen molar-refractivity contribution in [3.63, 3.8) is 0 Å². The molecule has 0 saturated heterocycles. The number of rotatable bonds is 4. The van der Waals surface area contributed by atoms with Gasteiger partial charge in [-0.1, -0.05) is 20.7 Å². The Kier molecular flexibility index (Phi) is 5.19. The van der Waals surface area contributed by atoms with Crippen LogP contribution in [-0.4, -0.2) is 12.5 Å². The number of nitrogens with one attached hydrogen (secondary N) is 2. The van der Waals surface area contributed by atoms with Crippen LogP contribution in [0.5, 0.6) is 5.75 Å². The molecule has 5 nitrogen and oxygen atoms in total. The first-order chi connectivity index (χ1) is 13.9. The third-order valence-corrected chi connectivity index (χ3v) is 7.29. The zero-order chi connectivity index (χ0) is 20.6. The zero-order valence-electron chi connectivity index (χ0n) is 16.8. The molecule has 1 amide bonds. The van der Waals surface area contributed by atoms with Gasteiger partial charge in [-0.15, -0.1) is 0 Å². The number of nitrogens with zero attached hydrogens (tertiary/aromatic N) is 1. The summed E-state index contributed by atoms with van der Waals surface area (Å²) in [6.45, 7) is 8.52. The predicted molar refractivity (Wildman–Crippen MR) is 121 cm³/mol. The van der Waals surface area contributed by atoms with E-state index in [0.717, 1.165) is 33.0 Å². The molecule has 1 aliphatic rings. The lowest BCUT2D eigenvalue weighted by atomic mass is 9.90. The summed E-state index contributed by atoms with van der Waals surface area (Å²) in [5.41, 5.74) is 4.84. The van der Waals surface area contributed by atoms with Gasteiger partial charge in [0.05, 0.1) is 22.7 Å². The number of fused-ring (bicyclic) bond motifs is 3. The van der Waals surface area contributed by atoms with Crippen LogP contribution in [0.3, 0.4) is 0 Å². The van der Waals surface area contributed by atoms with Crippen LogP contribution >= 0.6 is 20.7 Å². The van der Waals surface area contributed by atoms with Crippen molar-refractivity contribution in [1.82, 2.24) is 0 Å². The molecule has 0 atom stereocenters. The van der Waals surface area contributed by atoms with Gasteiger partial charge in [-0.25, -0.2) is 4.99 Å². The van der Waals surface area contributed by atoms with Crippen molar-refractivity contribution in [3.05, 3.63) is 52.0 Å². The van der Waals surface area contributed by atoms with Crippen molar-refractivity contribution in [3.8, 4) is 16.9 Å². The molecule has 1 aromatic heterocycles. The van der Waals surface area contributed by atoms with Gasteiger partial charge in [0.2, 0.25) is 5.91 Å². The van der Waals surface area contributed by atoms with Crippen molar-refractivity contribution in [1.29, 1.82) is 0 Å². The number of anilines is 2. The van der Waals surface area contributed by atoms with Gasteiger partial charge >= 0.3 is 0 Å². The second kappa shape index (κ2) is 7.65. The minimum absolute atomic E-state index is 0.0831. The number of carbonyl (C=O) groups excluding carboxylic acids is 1. The molecule has 0 bridgehead atoms. The van der Waals surface area contributed by atoms with Crippen LogP contribution in [0.2, 0.25) is 0 Å². The number of hydrogen-bond donors (Lipinski definition) is 2. The van der Waals surface area contributed by atoms with E-state index in [0.29, 0.717) is 6.61 Å². The van der Waals surface area contributed by atoms with E-state index in [2.05, 4.69) is 36.6 Å². The molecule has 0 saturated carbocycles. The molecule has 3 aromatic rings. The fraction of sp³-hybridized carbons (Fsp3) is 0.273. The average molecular weight is 426 g/mol. The van der Waals surface area contributed by atoms with Crippen LogP contribution in [-0.2, 0) is 10.3 Å². The molecule has 4 rings (SSSR count). The Balaban J connectivity index is 1.82. The topological polar surface area (TPSA) is 62.7 Å². The second-order valence-corrected chi connectivity index (χ2v) is 9.53. The number of carbonyl (C=O) groups is 1. The van der Waals surface area contributed by atoms with E-state index in [4.69, 9.17) is 9.73 Å².